The minimum atomic E-state index is -0.571. The van der Waals surface area contributed by atoms with Crippen molar-refractivity contribution in [2.75, 3.05) is 26.3 Å². The molecule has 0 heterocycles. The fourth-order valence-corrected chi connectivity index (χ4v) is 5.24. The average Bonchev–Trinajstić information content (AvgIpc) is 3.10. The molecular weight excluding hydrogens is 574 g/mol. The Morgan fingerprint density at radius 3 is 2.17 bits per heavy atom. The number of aliphatic hydroxyl groups excluding tert-OH is 1. The number of ether oxygens (including phenoxy) is 2. The first-order chi connectivity index (χ1) is 22.6. The molecule has 0 bridgehead atoms. The molecule has 6 heteroatoms. The van der Waals surface area contributed by atoms with E-state index in [9.17, 15) is 15.0 Å². The molecule has 0 amide bonds. The number of aliphatic hydroxyl groups is 1. The molecule has 0 saturated carbocycles. The van der Waals surface area contributed by atoms with Gasteiger partial charge in [-0.05, 0) is 84.7 Å². The lowest BCUT2D eigenvalue weighted by Crippen LogP contribution is -2.26. The second-order valence-corrected chi connectivity index (χ2v) is 11.5. The highest BCUT2D eigenvalue weighted by Crippen LogP contribution is 2.25. The highest BCUT2D eigenvalue weighted by atomic mass is 16.5. The molecule has 3 N–H and O–H groups in total. The zero-order chi connectivity index (χ0) is 32.2. The Balaban J connectivity index is 1.16. The van der Waals surface area contributed by atoms with E-state index >= 15 is 0 Å². The molecular formula is C40H47NO5. The first-order valence-corrected chi connectivity index (χ1v) is 16.4. The van der Waals surface area contributed by atoms with Gasteiger partial charge in [0.05, 0.1) is 6.61 Å². The van der Waals surface area contributed by atoms with Crippen molar-refractivity contribution in [2.24, 2.45) is 0 Å². The fraction of sp³-hybridized carbons (Fsp3) is 0.325. The minimum absolute atomic E-state index is 0.0132. The van der Waals surface area contributed by atoms with Crippen LogP contribution in [0.2, 0.25) is 0 Å². The topological polar surface area (TPSA) is 88.0 Å². The molecule has 0 radical (unpaired) electrons. The van der Waals surface area contributed by atoms with Gasteiger partial charge < -0.3 is 25.0 Å². The standard InChI is InChI=1S/C40H47NO5/c42-31-37-29-36(23-24-38(37)43)39(46-40(44)25-20-33-18-21-35(22-19-33)34-16-7-4-8-17-34)30-41-26-10-1-2-11-27-45-28-12-9-15-32-13-5-3-6-14-32/h3-8,13-14,16-25,29,39,41-43H,1-2,9-12,15,26-28,30-31H2. The zero-order valence-electron chi connectivity index (χ0n) is 26.7. The molecule has 0 aromatic heterocycles. The summed E-state index contributed by atoms with van der Waals surface area (Å²) in [6.45, 7) is 2.54. The second-order valence-electron chi connectivity index (χ2n) is 11.5. The summed E-state index contributed by atoms with van der Waals surface area (Å²) < 4.78 is 11.7. The minimum Gasteiger partial charge on any atom is -0.508 e. The Hall–Kier alpha value is -4.23. The normalized spacial score (nSPS) is 11.9. The number of hydrogen-bond donors (Lipinski definition) is 3. The Bertz CT molecular complexity index is 1450. The molecule has 1 unspecified atom stereocenters. The Kier molecular flexibility index (Phi) is 15.1. The smallest absolute Gasteiger partial charge is 0.331 e. The summed E-state index contributed by atoms with van der Waals surface area (Å²) in [7, 11) is 0. The maximum Gasteiger partial charge on any atom is 0.331 e. The lowest BCUT2D eigenvalue weighted by molar-refractivity contribution is -0.143. The number of aromatic hydroxyl groups is 1. The molecule has 4 aromatic carbocycles. The van der Waals surface area contributed by atoms with Crippen LogP contribution in [0.15, 0.2) is 109 Å². The van der Waals surface area contributed by atoms with Crippen LogP contribution in [0.5, 0.6) is 5.75 Å². The maximum atomic E-state index is 12.8. The van der Waals surface area contributed by atoms with Gasteiger partial charge in [0.2, 0.25) is 0 Å². The number of carbonyl (C=O) groups excluding carboxylic acids is 1. The number of unbranched alkanes of at least 4 members (excludes halogenated alkanes) is 4. The van der Waals surface area contributed by atoms with Crippen LogP contribution < -0.4 is 5.32 Å². The Morgan fingerprint density at radius 1 is 0.761 bits per heavy atom. The molecule has 4 rings (SSSR count). The summed E-state index contributed by atoms with van der Waals surface area (Å²) in [5.41, 5.74) is 5.63. The van der Waals surface area contributed by atoms with Gasteiger partial charge in [-0.15, -0.1) is 0 Å². The molecule has 1 atom stereocenters. The van der Waals surface area contributed by atoms with E-state index in [1.165, 1.54) is 17.7 Å². The van der Waals surface area contributed by atoms with Crippen molar-refractivity contribution in [3.8, 4) is 16.9 Å². The van der Waals surface area contributed by atoms with Crippen molar-refractivity contribution in [1.29, 1.82) is 0 Å². The van der Waals surface area contributed by atoms with Crippen LogP contribution in [0.3, 0.4) is 0 Å². The maximum absolute atomic E-state index is 12.8. The lowest BCUT2D eigenvalue weighted by atomic mass is 10.0. The lowest BCUT2D eigenvalue weighted by Gasteiger charge is -2.19. The number of nitrogens with one attached hydrogen (secondary N) is 1. The van der Waals surface area contributed by atoms with Crippen molar-refractivity contribution < 1.29 is 24.5 Å². The first-order valence-electron chi connectivity index (χ1n) is 16.4. The van der Waals surface area contributed by atoms with Crippen LogP contribution in [0.4, 0.5) is 0 Å². The molecule has 0 fully saturated rings. The number of rotatable bonds is 20. The van der Waals surface area contributed by atoms with Gasteiger partial charge in [0.15, 0.2) is 0 Å². The molecule has 4 aromatic rings. The van der Waals surface area contributed by atoms with E-state index in [-0.39, 0.29) is 12.4 Å². The van der Waals surface area contributed by atoms with E-state index in [1.54, 1.807) is 18.2 Å². The summed E-state index contributed by atoms with van der Waals surface area (Å²) in [6.07, 6.45) is 10.2. The predicted octanol–water partition coefficient (Wildman–Crippen LogP) is 8.04. The van der Waals surface area contributed by atoms with E-state index in [2.05, 4.69) is 47.8 Å². The Labute approximate surface area is 273 Å². The summed E-state index contributed by atoms with van der Waals surface area (Å²) in [4.78, 5) is 12.8. The van der Waals surface area contributed by atoms with Crippen LogP contribution >= 0.6 is 0 Å². The van der Waals surface area contributed by atoms with E-state index < -0.39 is 12.1 Å². The van der Waals surface area contributed by atoms with E-state index in [1.807, 2.05) is 42.5 Å². The first kappa shape index (κ1) is 34.6. The number of benzene rings is 4. The summed E-state index contributed by atoms with van der Waals surface area (Å²) >= 11 is 0. The quantitative estimate of drug-likeness (QED) is 0.0526. The third-order valence-electron chi connectivity index (χ3n) is 7.90. The van der Waals surface area contributed by atoms with E-state index in [0.717, 1.165) is 81.4 Å². The van der Waals surface area contributed by atoms with Gasteiger partial charge >= 0.3 is 5.97 Å². The van der Waals surface area contributed by atoms with Gasteiger partial charge in [-0.1, -0.05) is 104 Å². The van der Waals surface area contributed by atoms with Crippen molar-refractivity contribution in [3.63, 3.8) is 0 Å². The number of hydrogen-bond acceptors (Lipinski definition) is 6. The predicted molar refractivity (Wildman–Crippen MR) is 185 cm³/mol. The van der Waals surface area contributed by atoms with Crippen molar-refractivity contribution in [1.82, 2.24) is 5.32 Å². The number of aryl methyl sites for hydroxylation is 1. The molecule has 0 aliphatic carbocycles. The highest BCUT2D eigenvalue weighted by Gasteiger charge is 2.17. The molecule has 0 spiro atoms. The molecule has 0 saturated heterocycles. The summed E-state index contributed by atoms with van der Waals surface area (Å²) in [5.74, 6) is -0.447. The van der Waals surface area contributed by atoms with Gasteiger partial charge in [0.25, 0.3) is 0 Å². The van der Waals surface area contributed by atoms with E-state index in [4.69, 9.17) is 9.47 Å². The molecule has 6 nitrogen and oxygen atoms in total. The molecule has 46 heavy (non-hydrogen) atoms. The van der Waals surface area contributed by atoms with Gasteiger partial charge in [0, 0.05) is 31.4 Å². The van der Waals surface area contributed by atoms with Crippen LogP contribution in [-0.4, -0.2) is 42.5 Å². The van der Waals surface area contributed by atoms with Gasteiger partial charge in [-0.2, -0.15) is 0 Å². The third kappa shape index (κ3) is 12.3. The summed E-state index contributed by atoms with van der Waals surface area (Å²) in [5, 5.41) is 23.1. The van der Waals surface area contributed by atoms with E-state index in [0.29, 0.717) is 17.7 Å². The SMILES string of the molecule is O=C(C=Cc1ccc(-c2ccccc2)cc1)OC(CNCCCCCCOCCCCc1ccccc1)c1ccc(O)c(CO)c1. The third-order valence-corrected chi connectivity index (χ3v) is 7.90. The summed E-state index contributed by atoms with van der Waals surface area (Å²) in [6, 6.07) is 33.6. The van der Waals surface area contributed by atoms with Crippen LogP contribution in [0, 0.1) is 0 Å². The zero-order valence-corrected chi connectivity index (χ0v) is 26.7. The van der Waals surface area contributed by atoms with Crippen LogP contribution in [-0.2, 0) is 27.3 Å². The number of carbonyl (C=O) groups is 1. The van der Waals surface area contributed by atoms with Crippen molar-refractivity contribution in [2.45, 2.75) is 57.7 Å². The van der Waals surface area contributed by atoms with Crippen LogP contribution in [0.1, 0.15) is 66.9 Å². The van der Waals surface area contributed by atoms with Gasteiger partial charge in [-0.3, -0.25) is 0 Å². The molecule has 242 valence electrons. The monoisotopic (exact) mass is 621 g/mol. The Morgan fingerprint density at radius 2 is 1.43 bits per heavy atom. The van der Waals surface area contributed by atoms with Crippen molar-refractivity contribution in [3.05, 3.63) is 131 Å². The molecule has 0 aliphatic heterocycles. The highest BCUT2D eigenvalue weighted by molar-refractivity contribution is 5.87. The largest absolute Gasteiger partial charge is 0.508 e. The fourth-order valence-electron chi connectivity index (χ4n) is 5.24. The second kappa shape index (κ2) is 20.0. The number of esters is 1. The van der Waals surface area contributed by atoms with Crippen molar-refractivity contribution >= 4 is 12.0 Å². The van der Waals surface area contributed by atoms with Gasteiger partial charge in [0.1, 0.15) is 11.9 Å². The average molecular weight is 622 g/mol. The number of phenols is 1. The van der Waals surface area contributed by atoms with Crippen LogP contribution in [0.25, 0.3) is 17.2 Å². The van der Waals surface area contributed by atoms with Gasteiger partial charge in [-0.25, -0.2) is 4.79 Å². The molecule has 0 aliphatic rings.